The number of rotatable bonds is 7. The number of hydrogen-bond donors (Lipinski definition) is 2. The lowest BCUT2D eigenvalue weighted by atomic mass is 9.94. The second-order valence-electron chi connectivity index (χ2n) is 12.2. The molecule has 4 aromatic rings. The van der Waals surface area contributed by atoms with Crippen molar-refractivity contribution < 1.29 is 0 Å². The number of imidazole rings is 1. The molecule has 0 saturated carbocycles. The van der Waals surface area contributed by atoms with Crippen molar-refractivity contribution in [1.29, 1.82) is 0 Å². The van der Waals surface area contributed by atoms with E-state index in [1.165, 1.54) is 5.69 Å². The molecule has 0 spiro atoms. The fraction of sp³-hybridized carbons (Fsp3) is 0.500. The summed E-state index contributed by atoms with van der Waals surface area (Å²) in [6.45, 7) is 8.30. The second kappa shape index (κ2) is 11.9. The molecule has 10 nitrogen and oxygen atoms in total. The van der Waals surface area contributed by atoms with Crippen molar-refractivity contribution in [3.8, 4) is 11.4 Å². The van der Waals surface area contributed by atoms with Crippen LogP contribution in [-0.2, 0) is 7.05 Å². The molecule has 10 heteroatoms. The average Bonchev–Trinajstić information content (AvgIpc) is 3.38. The van der Waals surface area contributed by atoms with E-state index in [1.54, 1.807) is 10.8 Å². The Morgan fingerprint density at radius 2 is 1.74 bits per heavy atom. The van der Waals surface area contributed by atoms with E-state index in [-0.39, 0.29) is 11.6 Å². The number of pyridine rings is 1. The molecule has 0 unspecified atom stereocenters. The van der Waals surface area contributed by atoms with Crippen LogP contribution in [-0.4, -0.2) is 75.3 Å². The molecule has 6 rings (SSSR count). The monoisotopic (exact) mass is 569 g/mol. The lowest BCUT2D eigenvalue weighted by Gasteiger charge is -2.33. The van der Waals surface area contributed by atoms with Gasteiger partial charge in [0.15, 0.2) is 0 Å². The molecular weight excluding hydrogens is 526 g/mol. The normalized spacial score (nSPS) is 17.3. The molecule has 0 atom stereocenters. The maximum Gasteiger partial charge on any atom is 0.263 e. The van der Waals surface area contributed by atoms with Crippen molar-refractivity contribution in [3.63, 3.8) is 0 Å². The predicted molar refractivity (Wildman–Crippen MR) is 170 cm³/mol. The summed E-state index contributed by atoms with van der Waals surface area (Å²) >= 11 is 0. The van der Waals surface area contributed by atoms with Crippen LogP contribution in [0.1, 0.15) is 57.2 Å². The summed E-state index contributed by atoms with van der Waals surface area (Å²) in [4.78, 5) is 33.1. The van der Waals surface area contributed by atoms with Gasteiger partial charge in [0.05, 0.1) is 11.3 Å². The van der Waals surface area contributed by atoms with Crippen LogP contribution in [0.2, 0.25) is 0 Å². The van der Waals surface area contributed by atoms with E-state index in [0.29, 0.717) is 34.9 Å². The second-order valence-corrected chi connectivity index (χ2v) is 12.2. The molecule has 1 aromatic carbocycles. The molecule has 2 saturated heterocycles. The molecule has 0 radical (unpaired) electrons. The molecule has 2 fully saturated rings. The molecule has 3 aromatic heterocycles. The van der Waals surface area contributed by atoms with Crippen molar-refractivity contribution in [2.75, 3.05) is 50.5 Å². The highest BCUT2D eigenvalue weighted by atomic mass is 16.1. The Bertz CT molecular complexity index is 1590. The highest BCUT2D eigenvalue weighted by molar-refractivity contribution is 5.81. The van der Waals surface area contributed by atoms with Gasteiger partial charge in [0.25, 0.3) is 5.56 Å². The lowest BCUT2D eigenvalue weighted by molar-refractivity contribution is 0.253. The van der Waals surface area contributed by atoms with Crippen molar-refractivity contribution in [2.24, 2.45) is 7.05 Å². The lowest BCUT2D eigenvalue weighted by Crippen LogP contribution is -2.41. The van der Waals surface area contributed by atoms with Gasteiger partial charge in [-0.05, 0) is 103 Å². The van der Waals surface area contributed by atoms with Crippen LogP contribution < -0.4 is 21.1 Å². The fourth-order valence-electron chi connectivity index (χ4n) is 6.37. The number of anilines is 3. The van der Waals surface area contributed by atoms with Gasteiger partial charge in [-0.3, -0.25) is 9.36 Å². The Morgan fingerprint density at radius 3 is 2.43 bits per heavy atom. The summed E-state index contributed by atoms with van der Waals surface area (Å²) in [6.07, 6.45) is 8.37. The fourth-order valence-corrected chi connectivity index (χ4v) is 6.37. The Kier molecular flexibility index (Phi) is 8.00. The van der Waals surface area contributed by atoms with E-state index in [0.717, 1.165) is 68.6 Å². The summed E-state index contributed by atoms with van der Waals surface area (Å²) in [7, 11) is 6.31. The standard InChI is InChI=1S/C32H43N9O/c1-21(2)41-29-23(18-27(31(41)42)30-36-28(20-39(30)4)22-12-16-38(3)17-13-22)19-34-32(37-29)35-24-6-8-25(9-7-24)40(5)26-10-14-33-15-11-26/h6-9,18-22,26,33H,10-17H2,1-5H3,(H,34,35,37). The third-order valence-corrected chi connectivity index (χ3v) is 8.95. The van der Waals surface area contributed by atoms with E-state index in [2.05, 4.69) is 70.0 Å². The highest BCUT2D eigenvalue weighted by Crippen LogP contribution is 2.30. The van der Waals surface area contributed by atoms with Crippen LogP contribution in [0.15, 0.2) is 47.5 Å². The first-order chi connectivity index (χ1) is 20.3. The maximum absolute atomic E-state index is 13.9. The number of likely N-dealkylation sites (tertiary alicyclic amines) is 1. The van der Waals surface area contributed by atoms with E-state index in [1.807, 2.05) is 31.5 Å². The van der Waals surface area contributed by atoms with Crippen molar-refractivity contribution in [1.82, 2.24) is 34.3 Å². The van der Waals surface area contributed by atoms with Crippen LogP contribution in [0.3, 0.4) is 0 Å². The van der Waals surface area contributed by atoms with Gasteiger partial charge in [-0.15, -0.1) is 0 Å². The molecule has 222 valence electrons. The van der Waals surface area contributed by atoms with Gasteiger partial charge in [0.2, 0.25) is 5.95 Å². The van der Waals surface area contributed by atoms with Gasteiger partial charge in [0, 0.05) is 61.3 Å². The topological polar surface area (TPSA) is 96.1 Å². The van der Waals surface area contributed by atoms with Crippen LogP contribution in [0.4, 0.5) is 17.3 Å². The minimum absolute atomic E-state index is 0.0823. The quantitative estimate of drug-likeness (QED) is 0.336. The molecule has 2 aliphatic rings. The first-order valence-electron chi connectivity index (χ1n) is 15.2. The van der Waals surface area contributed by atoms with E-state index >= 15 is 0 Å². The zero-order chi connectivity index (χ0) is 29.4. The number of hydrogen-bond acceptors (Lipinski definition) is 8. The summed E-state index contributed by atoms with van der Waals surface area (Å²) in [5.41, 5.74) is 4.28. The van der Waals surface area contributed by atoms with Crippen molar-refractivity contribution in [3.05, 3.63) is 58.8 Å². The van der Waals surface area contributed by atoms with Gasteiger partial charge in [-0.25, -0.2) is 9.97 Å². The van der Waals surface area contributed by atoms with Crippen LogP contribution >= 0.6 is 0 Å². The van der Waals surface area contributed by atoms with Crippen LogP contribution in [0.25, 0.3) is 22.4 Å². The molecule has 0 bridgehead atoms. The van der Waals surface area contributed by atoms with Crippen molar-refractivity contribution >= 4 is 28.4 Å². The summed E-state index contributed by atoms with van der Waals surface area (Å²) in [5.74, 6) is 1.58. The summed E-state index contributed by atoms with van der Waals surface area (Å²) in [5, 5.41) is 7.59. The SMILES string of the molecule is CC(C)n1c(=O)c(-c2nc(C3CCN(C)CC3)cn2C)cc2cnc(Nc3ccc(N(C)C4CCNCC4)cc3)nc21. The Labute approximate surface area is 247 Å². The van der Waals surface area contributed by atoms with Crippen LogP contribution in [0, 0.1) is 0 Å². The number of aromatic nitrogens is 5. The van der Waals surface area contributed by atoms with Crippen LogP contribution in [0.5, 0.6) is 0 Å². The van der Waals surface area contributed by atoms with E-state index in [4.69, 9.17) is 9.97 Å². The molecule has 2 aliphatic heterocycles. The van der Waals surface area contributed by atoms with Gasteiger partial charge < -0.3 is 25.0 Å². The zero-order valence-corrected chi connectivity index (χ0v) is 25.5. The maximum atomic E-state index is 13.9. The number of nitrogens with zero attached hydrogens (tertiary/aromatic N) is 7. The van der Waals surface area contributed by atoms with Crippen molar-refractivity contribution in [2.45, 2.75) is 57.5 Å². The molecule has 2 N–H and O–H groups in total. The van der Waals surface area contributed by atoms with Gasteiger partial charge >= 0.3 is 0 Å². The average molecular weight is 570 g/mol. The first kappa shape index (κ1) is 28.4. The number of aryl methyl sites for hydroxylation is 1. The zero-order valence-electron chi connectivity index (χ0n) is 25.5. The largest absolute Gasteiger partial charge is 0.372 e. The minimum Gasteiger partial charge on any atom is -0.372 e. The molecule has 5 heterocycles. The van der Waals surface area contributed by atoms with Gasteiger partial charge in [-0.2, -0.15) is 4.98 Å². The molecule has 0 aliphatic carbocycles. The highest BCUT2D eigenvalue weighted by Gasteiger charge is 2.24. The first-order valence-corrected chi connectivity index (χ1v) is 15.2. The van der Waals surface area contributed by atoms with E-state index < -0.39 is 0 Å². The predicted octanol–water partition coefficient (Wildman–Crippen LogP) is 4.51. The Hall–Kier alpha value is -3.76. The third-order valence-electron chi connectivity index (χ3n) is 8.95. The number of nitrogens with one attached hydrogen (secondary N) is 2. The number of piperidine rings is 2. The smallest absolute Gasteiger partial charge is 0.263 e. The number of benzene rings is 1. The summed E-state index contributed by atoms with van der Waals surface area (Å²) in [6, 6.07) is 10.7. The van der Waals surface area contributed by atoms with Gasteiger partial charge in [-0.1, -0.05) is 0 Å². The summed E-state index contributed by atoms with van der Waals surface area (Å²) < 4.78 is 3.75. The van der Waals surface area contributed by atoms with Gasteiger partial charge in [0.1, 0.15) is 11.5 Å². The molecule has 0 amide bonds. The molecule has 42 heavy (non-hydrogen) atoms. The van der Waals surface area contributed by atoms with E-state index in [9.17, 15) is 4.79 Å². The third kappa shape index (κ3) is 5.65. The Balaban J connectivity index is 1.28. The Morgan fingerprint density at radius 1 is 1.02 bits per heavy atom. The number of fused-ring (bicyclic) bond motifs is 1. The molecular formula is C32H43N9O. The minimum atomic E-state index is -0.0870.